The van der Waals surface area contributed by atoms with Crippen molar-refractivity contribution in [2.75, 3.05) is 13.2 Å². The molecule has 1 atom stereocenters. The van der Waals surface area contributed by atoms with Crippen LogP contribution in [-0.2, 0) is 20.9 Å². The molecule has 0 aromatic heterocycles. The number of benzene rings is 2. The van der Waals surface area contributed by atoms with Crippen LogP contribution in [0.2, 0.25) is 0 Å². The molecule has 1 fully saturated rings. The van der Waals surface area contributed by atoms with Crippen LogP contribution < -0.4 is 0 Å². The van der Waals surface area contributed by atoms with Gasteiger partial charge >= 0.3 is 12.1 Å². The minimum Gasteiger partial charge on any atom is -0.456 e. The van der Waals surface area contributed by atoms with E-state index in [-0.39, 0.29) is 19.0 Å². The predicted molar refractivity (Wildman–Crippen MR) is 106 cm³/mol. The van der Waals surface area contributed by atoms with Crippen molar-refractivity contribution in [1.82, 2.24) is 4.90 Å². The summed E-state index contributed by atoms with van der Waals surface area (Å²) in [5, 5.41) is 0. The number of esters is 1. The van der Waals surface area contributed by atoms with Gasteiger partial charge in [-0.15, -0.1) is 0 Å². The number of amides is 1. The molecule has 2 aromatic rings. The highest BCUT2D eigenvalue weighted by atomic mass is 79.9. The first kappa shape index (κ1) is 20.1. The maximum atomic E-state index is 12.4. The van der Waals surface area contributed by atoms with E-state index in [9.17, 15) is 14.4 Å². The van der Waals surface area contributed by atoms with Gasteiger partial charge in [-0.2, -0.15) is 0 Å². The van der Waals surface area contributed by atoms with E-state index in [1.165, 1.54) is 4.90 Å². The maximum absolute atomic E-state index is 12.4. The molecule has 0 radical (unpaired) electrons. The van der Waals surface area contributed by atoms with Crippen LogP contribution in [-0.4, -0.2) is 41.9 Å². The topological polar surface area (TPSA) is 72.9 Å². The molecule has 1 heterocycles. The number of rotatable bonds is 6. The van der Waals surface area contributed by atoms with Crippen LogP contribution in [0.1, 0.15) is 28.8 Å². The Hall–Kier alpha value is -2.67. The summed E-state index contributed by atoms with van der Waals surface area (Å²) in [6.45, 7) is 0.206. The molecule has 0 N–H and O–H groups in total. The fourth-order valence-electron chi connectivity index (χ4n) is 2.98. The van der Waals surface area contributed by atoms with Crippen molar-refractivity contribution in [1.29, 1.82) is 0 Å². The summed E-state index contributed by atoms with van der Waals surface area (Å²) in [6, 6.07) is 15.4. The van der Waals surface area contributed by atoms with Crippen LogP contribution in [0.5, 0.6) is 0 Å². The molecule has 1 saturated heterocycles. The molecule has 2 aromatic carbocycles. The van der Waals surface area contributed by atoms with E-state index >= 15 is 0 Å². The Labute approximate surface area is 171 Å². The van der Waals surface area contributed by atoms with Gasteiger partial charge in [0, 0.05) is 16.6 Å². The van der Waals surface area contributed by atoms with E-state index < -0.39 is 18.1 Å². The predicted octanol–water partition coefficient (Wildman–Crippen LogP) is 3.98. The van der Waals surface area contributed by atoms with Crippen LogP contribution >= 0.6 is 15.9 Å². The molecule has 0 spiro atoms. The van der Waals surface area contributed by atoms with Crippen LogP contribution in [0.25, 0.3) is 0 Å². The summed E-state index contributed by atoms with van der Waals surface area (Å²) in [5.74, 6) is -0.878. The van der Waals surface area contributed by atoms with E-state index in [1.807, 2.05) is 30.3 Å². The average molecular weight is 446 g/mol. The van der Waals surface area contributed by atoms with Crippen LogP contribution in [0.15, 0.2) is 59.1 Å². The molecule has 0 aliphatic carbocycles. The lowest BCUT2D eigenvalue weighted by molar-refractivity contribution is -0.147. The average Bonchev–Trinajstić information content (AvgIpc) is 3.21. The van der Waals surface area contributed by atoms with Crippen molar-refractivity contribution in [3.63, 3.8) is 0 Å². The molecular weight excluding hydrogens is 426 g/mol. The van der Waals surface area contributed by atoms with Gasteiger partial charge in [0.2, 0.25) is 0 Å². The van der Waals surface area contributed by atoms with E-state index in [4.69, 9.17) is 9.47 Å². The lowest BCUT2D eigenvalue weighted by Gasteiger charge is -2.22. The largest absolute Gasteiger partial charge is 0.456 e. The Morgan fingerprint density at radius 2 is 1.71 bits per heavy atom. The Bertz CT molecular complexity index is 838. The molecule has 1 amide bonds. The summed E-state index contributed by atoms with van der Waals surface area (Å²) >= 11 is 3.30. The summed E-state index contributed by atoms with van der Waals surface area (Å²) in [6.07, 6.45) is 0.620. The second kappa shape index (κ2) is 9.50. The highest BCUT2D eigenvalue weighted by molar-refractivity contribution is 9.10. The molecule has 0 unspecified atom stereocenters. The Morgan fingerprint density at radius 1 is 1.00 bits per heavy atom. The van der Waals surface area contributed by atoms with Crippen molar-refractivity contribution in [3.8, 4) is 0 Å². The number of ketones is 1. The van der Waals surface area contributed by atoms with E-state index in [1.54, 1.807) is 24.3 Å². The summed E-state index contributed by atoms with van der Waals surface area (Å²) in [4.78, 5) is 38.3. The first-order valence-corrected chi connectivity index (χ1v) is 9.76. The number of likely N-dealkylation sites (tertiary alicyclic amines) is 1. The first-order valence-electron chi connectivity index (χ1n) is 8.97. The normalized spacial score (nSPS) is 15.9. The lowest BCUT2D eigenvalue weighted by atomic mass is 10.1. The van der Waals surface area contributed by atoms with Crippen molar-refractivity contribution in [2.24, 2.45) is 0 Å². The quantitative estimate of drug-likeness (QED) is 0.496. The number of ether oxygens (including phenoxy) is 2. The van der Waals surface area contributed by atoms with Gasteiger partial charge in [0.05, 0.1) is 0 Å². The zero-order valence-electron chi connectivity index (χ0n) is 15.2. The molecule has 146 valence electrons. The maximum Gasteiger partial charge on any atom is 0.410 e. The van der Waals surface area contributed by atoms with Crippen molar-refractivity contribution >= 4 is 33.8 Å². The van der Waals surface area contributed by atoms with Crippen LogP contribution in [0, 0.1) is 0 Å². The minimum absolute atomic E-state index is 0.139. The Kier molecular flexibility index (Phi) is 6.81. The number of halogens is 1. The first-order chi connectivity index (χ1) is 13.5. The lowest BCUT2D eigenvalue weighted by Crippen LogP contribution is -2.42. The molecule has 6 nitrogen and oxygen atoms in total. The zero-order valence-corrected chi connectivity index (χ0v) is 16.8. The number of hydrogen-bond acceptors (Lipinski definition) is 5. The zero-order chi connectivity index (χ0) is 19.9. The fourth-order valence-corrected chi connectivity index (χ4v) is 3.25. The van der Waals surface area contributed by atoms with Gasteiger partial charge in [-0.1, -0.05) is 58.4 Å². The number of carbonyl (C=O) groups is 3. The Morgan fingerprint density at radius 3 is 2.43 bits per heavy atom. The van der Waals surface area contributed by atoms with E-state index in [0.29, 0.717) is 24.9 Å². The fraction of sp³-hybridized carbons (Fsp3) is 0.286. The van der Waals surface area contributed by atoms with Gasteiger partial charge in [0.15, 0.2) is 12.4 Å². The molecular formula is C21H20BrNO5. The third-order valence-electron chi connectivity index (χ3n) is 4.48. The van der Waals surface area contributed by atoms with Gasteiger partial charge in [0.25, 0.3) is 0 Å². The van der Waals surface area contributed by atoms with Crippen molar-refractivity contribution in [3.05, 3.63) is 70.2 Å². The highest BCUT2D eigenvalue weighted by Crippen LogP contribution is 2.20. The third kappa shape index (κ3) is 5.19. The standard InChI is InChI=1S/C21H20BrNO5/c22-17-10-8-16(9-11-17)19(24)14-27-20(25)18-7-4-12-23(18)21(26)28-13-15-5-2-1-3-6-15/h1-3,5-6,8-11,18H,4,7,12-14H2/t18-/m1/s1. The van der Waals surface area contributed by atoms with Crippen LogP contribution in [0.4, 0.5) is 4.79 Å². The second-order valence-corrected chi connectivity index (χ2v) is 7.35. The molecule has 3 rings (SSSR count). The molecule has 1 aliphatic heterocycles. The van der Waals surface area contributed by atoms with E-state index in [0.717, 1.165) is 10.0 Å². The Balaban J connectivity index is 1.51. The molecule has 0 saturated carbocycles. The number of hydrogen-bond donors (Lipinski definition) is 0. The van der Waals surface area contributed by atoms with Crippen LogP contribution in [0.3, 0.4) is 0 Å². The SMILES string of the molecule is O=C(COC(=O)[C@H]1CCCN1C(=O)OCc1ccccc1)c1ccc(Br)cc1. The van der Waals surface area contributed by atoms with E-state index in [2.05, 4.69) is 15.9 Å². The van der Waals surface area contributed by atoms with Gasteiger partial charge in [0.1, 0.15) is 12.6 Å². The van der Waals surface area contributed by atoms with Gasteiger partial charge in [-0.25, -0.2) is 9.59 Å². The second-order valence-electron chi connectivity index (χ2n) is 6.43. The van der Waals surface area contributed by atoms with Crippen molar-refractivity contribution < 1.29 is 23.9 Å². The summed E-state index contributed by atoms with van der Waals surface area (Å²) in [7, 11) is 0. The molecule has 28 heavy (non-hydrogen) atoms. The summed E-state index contributed by atoms with van der Waals surface area (Å²) in [5.41, 5.74) is 1.33. The highest BCUT2D eigenvalue weighted by Gasteiger charge is 2.36. The van der Waals surface area contributed by atoms with Gasteiger partial charge < -0.3 is 9.47 Å². The minimum atomic E-state index is -0.721. The number of nitrogens with zero attached hydrogens (tertiary/aromatic N) is 1. The molecule has 7 heteroatoms. The van der Waals surface area contributed by atoms with Crippen molar-refractivity contribution in [2.45, 2.75) is 25.5 Å². The number of Topliss-reactive ketones (excluding diaryl/α,β-unsaturated/α-hetero) is 1. The molecule has 0 bridgehead atoms. The van der Waals surface area contributed by atoms with Gasteiger partial charge in [-0.05, 0) is 30.5 Å². The third-order valence-corrected chi connectivity index (χ3v) is 5.00. The monoisotopic (exact) mass is 445 g/mol. The summed E-state index contributed by atoms with van der Waals surface area (Å²) < 4.78 is 11.3. The number of carbonyl (C=O) groups excluding carboxylic acids is 3. The smallest absolute Gasteiger partial charge is 0.410 e. The molecule has 1 aliphatic rings. The van der Waals surface area contributed by atoms with Gasteiger partial charge in [-0.3, -0.25) is 9.69 Å².